The molecule has 0 spiro atoms. The number of hydrogen-bond donors (Lipinski definition) is 0. The van der Waals surface area contributed by atoms with Gasteiger partial charge in [-0.3, -0.25) is 4.90 Å². The van der Waals surface area contributed by atoms with E-state index < -0.39 is 0 Å². The van der Waals surface area contributed by atoms with Crippen LogP contribution in [0.2, 0.25) is 0 Å². The van der Waals surface area contributed by atoms with E-state index in [1.54, 1.807) is 11.1 Å². The molecule has 2 aliphatic rings. The first kappa shape index (κ1) is 11.2. The first-order chi connectivity index (χ1) is 9.41. The maximum atomic E-state index is 2.64. The third-order valence-corrected chi connectivity index (χ3v) is 4.69. The zero-order valence-corrected chi connectivity index (χ0v) is 11.2. The Labute approximate surface area is 114 Å². The van der Waals surface area contributed by atoms with Crippen LogP contribution in [0.15, 0.2) is 54.6 Å². The summed E-state index contributed by atoms with van der Waals surface area (Å²) in [5.41, 5.74) is 4.71. The van der Waals surface area contributed by atoms with E-state index >= 15 is 0 Å². The lowest BCUT2D eigenvalue weighted by Gasteiger charge is -2.41. The number of benzene rings is 2. The van der Waals surface area contributed by atoms with Crippen LogP contribution in [-0.2, 0) is 12.0 Å². The van der Waals surface area contributed by atoms with Crippen LogP contribution in [-0.4, -0.2) is 18.0 Å². The molecule has 1 aliphatic heterocycles. The maximum absolute atomic E-state index is 2.64. The van der Waals surface area contributed by atoms with Gasteiger partial charge < -0.3 is 0 Å². The maximum Gasteiger partial charge on any atom is 0.0719 e. The van der Waals surface area contributed by atoms with Gasteiger partial charge in [0.1, 0.15) is 0 Å². The molecule has 1 fully saturated rings. The van der Waals surface area contributed by atoms with Crippen LogP contribution in [0.4, 0.5) is 0 Å². The van der Waals surface area contributed by atoms with Crippen LogP contribution in [0.3, 0.4) is 0 Å². The molecule has 1 heterocycles. The van der Waals surface area contributed by atoms with E-state index in [0.29, 0.717) is 0 Å². The van der Waals surface area contributed by atoms with E-state index in [1.807, 2.05) is 0 Å². The summed E-state index contributed by atoms with van der Waals surface area (Å²) in [5, 5.41) is 0. The Bertz CT molecular complexity index is 586. The normalized spacial score (nSPS) is 25.9. The number of fused-ring (bicyclic) bond motifs is 1. The molecule has 1 aliphatic carbocycles. The van der Waals surface area contributed by atoms with Crippen LogP contribution in [0.1, 0.15) is 29.5 Å². The fraction of sp³-hybridized carbons (Fsp3) is 0.333. The zero-order valence-electron chi connectivity index (χ0n) is 11.2. The highest BCUT2D eigenvalue weighted by molar-refractivity contribution is 5.46. The second-order valence-corrected chi connectivity index (χ2v) is 5.72. The summed E-state index contributed by atoms with van der Waals surface area (Å²) in [7, 11) is 0. The smallest absolute Gasteiger partial charge is 0.0719 e. The molecule has 96 valence electrons. The SMILES string of the molecule is c1ccc(C2(N3CC3)CCCc3ccccc32)cc1. The van der Waals surface area contributed by atoms with E-state index in [4.69, 9.17) is 0 Å². The molecular formula is C18H19N. The van der Waals surface area contributed by atoms with E-state index in [-0.39, 0.29) is 5.54 Å². The van der Waals surface area contributed by atoms with Gasteiger partial charge in [0, 0.05) is 13.1 Å². The van der Waals surface area contributed by atoms with Gasteiger partial charge in [-0.25, -0.2) is 0 Å². The summed E-state index contributed by atoms with van der Waals surface area (Å²) >= 11 is 0. The van der Waals surface area contributed by atoms with Crippen molar-refractivity contribution in [3.05, 3.63) is 71.3 Å². The quantitative estimate of drug-likeness (QED) is 0.735. The topological polar surface area (TPSA) is 3.01 Å². The predicted octanol–water partition coefficient (Wildman–Crippen LogP) is 3.58. The molecule has 4 rings (SSSR count). The van der Waals surface area contributed by atoms with Gasteiger partial charge in [-0.15, -0.1) is 0 Å². The minimum absolute atomic E-state index is 0.149. The molecule has 1 saturated heterocycles. The predicted molar refractivity (Wildman–Crippen MR) is 78.2 cm³/mol. The highest BCUT2D eigenvalue weighted by Gasteiger charge is 2.47. The van der Waals surface area contributed by atoms with Crippen molar-refractivity contribution in [3.63, 3.8) is 0 Å². The van der Waals surface area contributed by atoms with Crippen molar-refractivity contribution < 1.29 is 0 Å². The lowest BCUT2D eigenvalue weighted by atomic mass is 9.72. The summed E-state index contributed by atoms with van der Waals surface area (Å²) in [4.78, 5) is 2.64. The van der Waals surface area contributed by atoms with Gasteiger partial charge in [-0.2, -0.15) is 0 Å². The molecule has 0 radical (unpaired) electrons. The lowest BCUT2D eigenvalue weighted by Crippen LogP contribution is -2.39. The highest BCUT2D eigenvalue weighted by atomic mass is 15.3. The number of rotatable bonds is 2. The van der Waals surface area contributed by atoms with Crippen molar-refractivity contribution >= 4 is 0 Å². The van der Waals surface area contributed by atoms with Crippen LogP contribution < -0.4 is 0 Å². The molecule has 0 N–H and O–H groups in total. The van der Waals surface area contributed by atoms with Crippen LogP contribution in [0.5, 0.6) is 0 Å². The Morgan fingerprint density at radius 3 is 2.37 bits per heavy atom. The molecule has 2 aromatic carbocycles. The monoisotopic (exact) mass is 249 g/mol. The van der Waals surface area contributed by atoms with Gasteiger partial charge >= 0.3 is 0 Å². The van der Waals surface area contributed by atoms with Gasteiger partial charge in [0.15, 0.2) is 0 Å². The Hall–Kier alpha value is -1.60. The van der Waals surface area contributed by atoms with Crippen LogP contribution in [0.25, 0.3) is 0 Å². The molecule has 1 unspecified atom stereocenters. The van der Waals surface area contributed by atoms with Gasteiger partial charge in [0.05, 0.1) is 5.54 Å². The molecule has 1 atom stereocenters. The molecule has 19 heavy (non-hydrogen) atoms. The molecule has 2 aromatic rings. The average molecular weight is 249 g/mol. The Balaban J connectivity index is 1.95. The molecule has 1 nitrogen and oxygen atoms in total. The standard InChI is InChI=1S/C18H19N/c1-2-9-16(10-3-1)18(19-13-14-19)12-6-8-15-7-4-5-11-17(15)18/h1-5,7,9-11H,6,8,12-14H2. The molecule has 0 amide bonds. The number of aryl methyl sites for hydroxylation is 1. The minimum Gasteiger partial charge on any atom is -0.287 e. The molecule has 0 aromatic heterocycles. The number of hydrogen-bond acceptors (Lipinski definition) is 1. The van der Waals surface area contributed by atoms with Gasteiger partial charge in [-0.1, -0.05) is 54.6 Å². The fourth-order valence-electron chi connectivity index (χ4n) is 3.77. The van der Waals surface area contributed by atoms with Crippen LogP contribution in [0, 0.1) is 0 Å². The number of nitrogens with zero attached hydrogens (tertiary/aromatic N) is 1. The van der Waals surface area contributed by atoms with Crippen molar-refractivity contribution in [3.8, 4) is 0 Å². The lowest BCUT2D eigenvalue weighted by molar-refractivity contribution is 0.247. The van der Waals surface area contributed by atoms with Crippen molar-refractivity contribution in [1.29, 1.82) is 0 Å². The van der Waals surface area contributed by atoms with Gasteiger partial charge in [-0.05, 0) is 36.0 Å². The summed E-state index contributed by atoms with van der Waals surface area (Å²) in [5.74, 6) is 0. The zero-order chi connectivity index (χ0) is 12.7. The first-order valence-electron chi connectivity index (χ1n) is 7.30. The molecular weight excluding hydrogens is 230 g/mol. The third kappa shape index (κ3) is 1.65. The van der Waals surface area contributed by atoms with Gasteiger partial charge in [0.25, 0.3) is 0 Å². The fourth-order valence-corrected chi connectivity index (χ4v) is 3.77. The molecule has 0 saturated carbocycles. The molecule has 1 heteroatoms. The van der Waals surface area contributed by atoms with Crippen molar-refractivity contribution in [2.45, 2.75) is 24.8 Å². The summed E-state index contributed by atoms with van der Waals surface area (Å²) < 4.78 is 0. The molecule has 0 bridgehead atoms. The summed E-state index contributed by atoms with van der Waals surface area (Å²) in [6.07, 6.45) is 3.79. The van der Waals surface area contributed by atoms with Crippen LogP contribution >= 0.6 is 0 Å². The minimum atomic E-state index is 0.149. The average Bonchev–Trinajstić information content (AvgIpc) is 3.32. The Morgan fingerprint density at radius 2 is 1.58 bits per heavy atom. The summed E-state index contributed by atoms with van der Waals surface area (Å²) in [6, 6.07) is 20.1. The van der Waals surface area contributed by atoms with Crippen molar-refractivity contribution in [2.75, 3.05) is 13.1 Å². The van der Waals surface area contributed by atoms with E-state index in [2.05, 4.69) is 59.5 Å². The third-order valence-electron chi connectivity index (χ3n) is 4.69. The highest BCUT2D eigenvalue weighted by Crippen LogP contribution is 2.47. The Morgan fingerprint density at radius 1 is 0.842 bits per heavy atom. The summed E-state index contributed by atoms with van der Waals surface area (Å²) in [6.45, 7) is 2.48. The van der Waals surface area contributed by atoms with E-state index in [9.17, 15) is 0 Å². The van der Waals surface area contributed by atoms with Gasteiger partial charge in [0.2, 0.25) is 0 Å². The largest absolute Gasteiger partial charge is 0.287 e. The second kappa shape index (κ2) is 4.21. The second-order valence-electron chi connectivity index (χ2n) is 5.72. The van der Waals surface area contributed by atoms with E-state index in [1.165, 1.54) is 37.9 Å². The first-order valence-corrected chi connectivity index (χ1v) is 7.30. The van der Waals surface area contributed by atoms with E-state index in [0.717, 1.165) is 0 Å². The van der Waals surface area contributed by atoms with Crippen molar-refractivity contribution in [1.82, 2.24) is 4.90 Å². The van der Waals surface area contributed by atoms with Crippen molar-refractivity contribution in [2.24, 2.45) is 0 Å². The Kier molecular flexibility index (Phi) is 2.49.